The molecule has 9 heteroatoms. The van der Waals surface area contributed by atoms with E-state index >= 15 is 0 Å². The van der Waals surface area contributed by atoms with Gasteiger partial charge >= 0.3 is 0 Å². The number of phosphoric ester groups is 1. The Morgan fingerprint density at radius 1 is 0.530 bits per heavy atom. The summed E-state index contributed by atoms with van der Waals surface area (Å²) in [5, 5.41) is 14.0. The van der Waals surface area contributed by atoms with Crippen LogP contribution in [-0.2, 0) is 18.4 Å². The molecule has 0 saturated heterocycles. The molecule has 3 atom stereocenters. The lowest BCUT2D eigenvalue weighted by Gasteiger charge is -2.30. The molecule has 0 aromatic heterocycles. The van der Waals surface area contributed by atoms with Gasteiger partial charge in [-0.25, -0.2) is 0 Å². The van der Waals surface area contributed by atoms with E-state index in [1.165, 1.54) is 212 Å². The van der Waals surface area contributed by atoms with Crippen molar-refractivity contribution >= 4 is 13.7 Å². The Morgan fingerprint density at radius 2 is 0.879 bits per heavy atom. The summed E-state index contributed by atoms with van der Waals surface area (Å²) >= 11 is 0. The zero-order chi connectivity index (χ0) is 48.5. The fraction of sp³-hybridized carbons (Fsp3) is 0.912. The van der Waals surface area contributed by atoms with Gasteiger partial charge in [0.2, 0.25) is 5.91 Å². The third kappa shape index (κ3) is 50.8. The molecule has 0 radical (unpaired) electrons. The van der Waals surface area contributed by atoms with E-state index in [1.807, 2.05) is 21.1 Å². The third-order valence-electron chi connectivity index (χ3n) is 13.2. The summed E-state index contributed by atoms with van der Waals surface area (Å²) in [7, 11) is 1.32. The first-order valence-electron chi connectivity index (χ1n) is 28.7. The van der Waals surface area contributed by atoms with E-state index in [4.69, 9.17) is 9.05 Å². The van der Waals surface area contributed by atoms with Gasteiger partial charge < -0.3 is 28.8 Å². The molecule has 0 aliphatic heterocycles. The molecule has 0 aromatic rings. The standard InChI is InChI=1S/C57H113N2O6P/c1-6-8-10-12-14-16-18-20-22-24-25-26-27-28-29-30-31-32-33-35-37-39-41-43-45-47-49-51-57(61)58-55(54-65-66(62,63)64-53-52-59(3,4)5)56(60)50-48-46-44-42-40-38-36-34-23-21-19-17-15-13-11-9-7-2/h18,20,24-25,55-56,60H,6-17,19,21-23,26-54H2,1-5H3,(H-,58,61,62,63)/b20-18-,25-24-. The maximum absolute atomic E-state index is 13.0. The molecular weight excluding hydrogens is 840 g/mol. The number of phosphoric acid groups is 1. The minimum Gasteiger partial charge on any atom is -0.756 e. The van der Waals surface area contributed by atoms with Gasteiger partial charge in [-0.15, -0.1) is 0 Å². The summed E-state index contributed by atoms with van der Waals surface area (Å²) in [5.74, 6) is -0.161. The molecule has 0 heterocycles. The van der Waals surface area contributed by atoms with Gasteiger partial charge in [0.15, 0.2) is 0 Å². The van der Waals surface area contributed by atoms with Crippen molar-refractivity contribution in [1.82, 2.24) is 5.32 Å². The first kappa shape index (κ1) is 65.0. The highest BCUT2D eigenvalue weighted by molar-refractivity contribution is 7.45. The van der Waals surface area contributed by atoms with E-state index in [0.29, 0.717) is 23.9 Å². The Morgan fingerprint density at radius 3 is 1.26 bits per heavy atom. The number of rotatable bonds is 53. The van der Waals surface area contributed by atoms with Crippen molar-refractivity contribution in [1.29, 1.82) is 0 Å². The molecule has 2 N–H and O–H groups in total. The Labute approximate surface area is 411 Å². The van der Waals surface area contributed by atoms with Gasteiger partial charge in [-0.3, -0.25) is 9.36 Å². The van der Waals surface area contributed by atoms with E-state index < -0.39 is 20.0 Å². The fourth-order valence-corrected chi connectivity index (χ4v) is 9.38. The number of likely N-dealkylation sites (N-methyl/N-ethyl adjacent to an activating group) is 1. The number of carbonyl (C=O) groups is 1. The molecule has 0 fully saturated rings. The van der Waals surface area contributed by atoms with Crippen LogP contribution < -0.4 is 10.2 Å². The van der Waals surface area contributed by atoms with Gasteiger partial charge in [0.05, 0.1) is 39.9 Å². The lowest BCUT2D eigenvalue weighted by atomic mass is 10.0. The van der Waals surface area contributed by atoms with Crippen LogP contribution in [0.3, 0.4) is 0 Å². The molecule has 0 rings (SSSR count). The molecule has 392 valence electrons. The summed E-state index contributed by atoms with van der Waals surface area (Å²) < 4.78 is 23.4. The molecule has 66 heavy (non-hydrogen) atoms. The van der Waals surface area contributed by atoms with Crippen molar-refractivity contribution < 1.29 is 32.9 Å². The number of hydrogen-bond donors (Lipinski definition) is 2. The smallest absolute Gasteiger partial charge is 0.268 e. The summed E-state index contributed by atoms with van der Waals surface area (Å²) in [6, 6.07) is -0.799. The number of allylic oxidation sites excluding steroid dienone is 4. The van der Waals surface area contributed by atoms with Gasteiger partial charge in [-0.2, -0.15) is 0 Å². The van der Waals surface area contributed by atoms with Gasteiger partial charge in [0, 0.05) is 6.42 Å². The lowest BCUT2D eigenvalue weighted by molar-refractivity contribution is -0.870. The number of carbonyl (C=O) groups excluding carboxylic acids is 1. The van der Waals surface area contributed by atoms with Crippen molar-refractivity contribution in [2.45, 2.75) is 296 Å². The number of amides is 1. The van der Waals surface area contributed by atoms with Crippen LogP contribution >= 0.6 is 7.82 Å². The van der Waals surface area contributed by atoms with Crippen LogP contribution in [0.25, 0.3) is 0 Å². The molecule has 0 aromatic carbocycles. The van der Waals surface area contributed by atoms with E-state index in [2.05, 4.69) is 43.5 Å². The van der Waals surface area contributed by atoms with Gasteiger partial charge in [-0.05, 0) is 44.9 Å². The van der Waals surface area contributed by atoms with Crippen molar-refractivity contribution in [2.75, 3.05) is 40.9 Å². The highest BCUT2D eigenvalue weighted by atomic mass is 31.2. The zero-order valence-corrected chi connectivity index (χ0v) is 45.6. The first-order valence-corrected chi connectivity index (χ1v) is 30.1. The van der Waals surface area contributed by atoms with Crippen LogP contribution in [0.5, 0.6) is 0 Å². The second-order valence-electron chi connectivity index (χ2n) is 21.0. The molecule has 0 aliphatic carbocycles. The van der Waals surface area contributed by atoms with E-state index in [9.17, 15) is 19.4 Å². The maximum Gasteiger partial charge on any atom is 0.268 e. The van der Waals surface area contributed by atoms with Crippen LogP contribution in [-0.4, -0.2) is 68.5 Å². The van der Waals surface area contributed by atoms with E-state index in [-0.39, 0.29) is 19.1 Å². The number of aliphatic hydroxyl groups excluding tert-OH is 1. The van der Waals surface area contributed by atoms with Crippen LogP contribution in [0, 0.1) is 0 Å². The third-order valence-corrected chi connectivity index (χ3v) is 14.2. The molecule has 0 spiro atoms. The minimum atomic E-state index is -4.57. The van der Waals surface area contributed by atoms with Gasteiger partial charge in [-0.1, -0.05) is 256 Å². The van der Waals surface area contributed by atoms with E-state index in [0.717, 1.165) is 44.9 Å². The van der Waals surface area contributed by atoms with Crippen LogP contribution in [0.2, 0.25) is 0 Å². The number of quaternary nitrogens is 1. The highest BCUT2D eigenvalue weighted by Gasteiger charge is 2.24. The summed E-state index contributed by atoms with van der Waals surface area (Å²) in [6.45, 7) is 4.75. The second kappa shape index (κ2) is 49.0. The predicted octanol–water partition coefficient (Wildman–Crippen LogP) is 16.6. The zero-order valence-electron chi connectivity index (χ0n) is 44.7. The molecule has 1 amide bonds. The van der Waals surface area contributed by atoms with Crippen LogP contribution in [0.1, 0.15) is 284 Å². The van der Waals surface area contributed by atoms with Crippen molar-refractivity contribution in [3.63, 3.8) is 0 Å². The number of unbranched alkanes of at least 4 members (excludes halogenated alkanes) is 36. The molecular formula is C57H113N2O6P. The first-order chi connectivity index (χ1) is 32.0. The Bertz CT molecular complexity index is 1130. The molecule has 8 nitrogen and oxygen atoms in total. The summed E-state index contributed by atoms with van der Waals surface area (Å²) in [5.41, 5.74) is 0. The fourth-order valence-electron chi connectivity index (χ4n) is 8.66. The van der Waals surface area contributed by atoms with Crippen molar-refractivity contribution in [3.05, 3.63) is 24.3 Å². The SMILES string of the molecule is CCCCCCC/C=C\C/C=C\CCCCCCCCCCCCCCCCCC(=O)NC(COP(=O)([O-])OCC[N+](C)(C)C)C(O)CCCCCCCCCCCCCCCCCCC. The van der Waals surface area contributed by atoms with Crippen molar-refractivity contribution in [3.8, 4) is 0 Å². The molecule has 3 unspecified atom stereocenters. The molecule has 0 aliphatic rings. The lowest BCUT2D eigenvalue weighted by Crippen LogP contribution is -2.46. The average Bonchev–Trinajstić information content (AvgIpc) is 3.28. The molecule has 0 saturated carbocycles. The van der Waals surface area contributed by atoms with Crippen LogP contribution in [0.15, 0.2) is 24.3 Å². The average molecular weight is 954 g/mol. The number of nitrogens with zero attached hydrogens (tertiary/aromatic N) is 1. The van der Waals surface area contributed by atoms with E-state index in [1.54, 1.807) is 0 Å². The van der Waals surface area contributed by atoms with Crippen molar-refractivity contribution in [2.24, 2.45) is 0 Å². The molecule has 0 bridgehead atoms. The van der Waals surface area contributed by atoms with Crippen LogP contribution in [0.4, 0.5) is 0 Å². The second-order valence-corrected chi connectivity index (χ2v) is 22.4. The Balaban J connectivity index is 4.11. The summed E-state index contributed by atoms with van der Waals surface area (Å²) in [6.07, 6.45) is 60.6. The van der Waals surface area contributed by atoms with Gasteiger partial charge in [0.25, 0.3) is 7.82 Å². The Kier molecular flexibility index (Phi) is 48.2. The topological polar surface area (TPSA) is 108 Å². The minimum absolute atomic E-state index is 0.0140. The predicted molar refractivity (Wildman–Crippen MR) is 284 cm³/mol. The number of aliphatic hydroxyl groups is 1. The monoisotopic (exact) mass is 953 g/mol. The number of nitrogens with one attached hydrogen (secondary N) is 1. The largest absolute Gasteiger partial charge is 0.756 e. The summed E-state index contributed by atoms with van der Waals surface area (Å²) in [4.78, 5) is 25.5. The Hall–Kier alpha value is -1.02. The maximum atomic E-state index is 13.0. The van der Waals surface area contributed by atoms with Gasteiger partial charge in [0.1, 0.15) is 13.2 Å². The quantitative estimate of drug-likeness (QED) is 0.0272. The highest BCUT2D eigenvalue weighted by Crippen LogP contribution is 2.38. The number of hydrogen-bond acceptors (Lipinski definition) is 6. The normalized spacial score (nSPS) is 14.1.